The summed E-state index contributed by atoms with van der Waals surface area (Å²) in [6, 6.07) is 4.06. The second-order valence-electron chi connectivity index (χ2n) is 3.35. The molecule has 1 aromatic carbocycles. The van der Waals surface area contributed by atoms with Crippen LogP contribution in [0, 0.1) is 22.0 Å². The van der Waals surface area contributed by atoms with Crippen LogP contribution in [-0.4, -0.2) is 17.4 Å². The summed E-state index contributed by atoms with van der Waals surface area (Å²) in [5.41, 5.74) is 0.130. The lowest BCUT2D eigenvalue weighted by Crippen LogP contribution is -2.24. The monoisotopic (exact) mass is 310 g/mol. The Kier molecular flexibility index (Phi) is 5.33. The van der Waals surface area contributed by atoms with Crippen LogP contribution in [0.5, 0.6) is 0 Å². The highest BCUT2D eigenvalue weighted by Gasteiger charge is 2.14. The lowest BCUT2D eigenvalue weighted by atomic mass is 10.2. The van der Waals surface area contributed by atoms with Crippen molar-refractivity contribution in [3.05, 3.63) is 38.3 Å². The minimum Gasteiger partial charge on any atom is -0.351 e. The van der Waals surface area contributed by atoms with E-state index in [1.165, 1.54) is 18.2 Å². The van der Waals surface area contributed by atoms with Gasteiger partial charge in [-0.15, -0.1) is 11.8 Å². The number of carbonyl (C=O) groups is 1. The number of hydrogen-bond acceptors (Lipinski definition) is 3. The highest BCUT2D eigenvalue weighted by molar-refractivity contribution is 9.10. The zero-order valence-electron chi connectivity index (χ0n) is 9.70. The molecule has 0 heterocycles. The number of carbonyl (C=O) groups excluding carboxylic acids is 1. The second-order valence-corrected chi connectivity index (χ2v) is 4.21. The van der Waals surface area contributed by atoms with E-state index in [4.69, 9.17) is 0 Å². The van der Waals surface area contributed by atoms with Gasteiger partial charge in [-0.2, -0.15) is 0 Å². The number of nitro groups is 1. The molecule has 0 atom stereocenters. The van der Waals surface area contributed by atoms with E-state index in [1.54, 1.807) is 6.92 Å². The van der Waals surface area contributed by atoms with E-state index in [2.05, 4.69) is 33.1 Å². The summed E-state index contributed by atoms with van der Waals surface area (Å²) in [6.45, 7) is 2.13. The van der Waals surface area contributed by atoms with Crippen molar-refractivity contribution in [2.24, 2.45) is 0 Å². The maximum atomic E-state index is 11.8. The van der Waals surface area contributed by atoms with E-state index in [9.17, 15) is 14.9 Å². The average Bonchev–Trinajstić information content (AvgIpc) is 2.34. The SMILES string of the molecule is CC#CCCNC(=O)c1cc([N+](=O)[O-])ccc1Br. The molecule has 94 valence electrons. The molecular weight excluding hydrogens is 300 g/mol. The van der Waals surface area contributed by atoms with Crippen LogP contribution in [0.15, 0.2) is 22.7 Å². The normalized spacial score (nSPS) is 9.22. The van der Waals surface area contributed by atoms with Gasteiger partial charge in [0.05, 0.1) is 10.5 Å². The van der Waals surface area contributed by atoms with Gasteiger partial charge in [0.25, 0.3) is 11.6 Å². The molecule has 0 aliphatic rings. The minimum atomic E-state index is -0.536. The zero-order valence-corrected chi connectivity index (χ0v) is 11.3. The second kappa shape index (κ2) is 6.77. The van der Waals surface area contributed by atoms with Gasteiger partial charge in [-0.25, -0.2) is 0 Å². The number of benzene rings is 1. The van der Waals surface area contributed by atoms with E-state index >= 15 is 0 Å². The summed E-state index contributed by atoms with van der Waals surface area (Å²) >= 11 is 3.19. The molecule has 1 aromatic rings. The molecule has 0 unspecified atom stereocenters. The Morgan fingerprint density at radius 3 is 2.89 bits per heavy atom. The van der Waals surface area contributed by atoms with E-state index in [-0.39, 0.29) is 17.2 Å². The molecule has 0 saturated carbocycles. The number of nitrogens with zero attached hydrogens (tertiary/aromatic N) is 1. The molecular formula is C12H11BrN2O3. The standard InChI is InChI=1S/C12H11BrN2O3/c1-2-3-4-7-14-12(16)10-8-9(15(17)18)5-6-11(10)13/h5-6,8H,4,7H2,1H3,(H,14,16). The fraction of sp³-hybridized carbons (Fsp3) is 0.250. The third-order valence-electron chi connectivity index (χ3n) is 2.12. The molecule has 6 heteroatoms. The zero-order chi connectivity index (χ0) is 13.5. The van der Waals surface area contributed by atoms with Gasteiger partial charge in [-0.3, -0.25) is 14.9 Å². The topological polar surface area (TPSA) is 72.2 Å². The Hall–Kier alpha value is -1.87. The van der Waals surface area contributed by atoms with Crippen molar-refractivity contribution in [3.8, 4) is 11.8 Å². The fourth-order valence-electron chi connectivity index (χ4n) is 1.26. The van der Waals surface area contributed by atoms with Crippen molar-refractivity contribution in [2.45, 2.75) is 13.3 Å². The van der Waals surface area contributed by atoms with Gasteiger partial charge in [-0.1, -0.05) is 0 Å². The van der Waals surface area contributed by atoms with Crippen molar-refractivity contribution in [2.75, 3.05) is 6.54 Å². The molecule has 0 fully saturated rings. The van der Waals surface area contributed by atoms with Crippen LogP contribution >= 0.6 is 15.9 Å². The molecule has 0 bridgehead atoms. The number of halogens is 1. The summed E-state index contributed by atoms with van der Waals surface area (Å²) in [4.78, 5) is 21.9. The van der Waals surface area contributed by atoms with E-state index in [1.807, 2.05) is 0 Å². The molecule has 0 aromatic heterocycles. The molecule has 1 amide bonds. The van der Waals surface area contributed by atoms with Crippen molar-refractivity contribution >= 4 is 27.5 Å². The lowest BCUT2D eigenvalue weighted by Gasteiger charge is -2.05. The van der Waals surface area contributed by atoms with Crippen LogP contribution in [0.25, 0.3) is 0 Å². The van der Waals surface area contributed by atoms with Crippen LogP contribution in [-0.2, 0) is 0 Å². The summed E-state index contributed by atoms with van der Waals surface area (Å²) in [6.07, 6.45) is 0.550. The predicted octanol–water partition coefficient (Wildman–Crippen LogP) is 2.50. The highest BCUT2D eigenvalue weighted by atomic mass is 79.9. The Morgan fingerprint density at radius 2 is 2.28 bits per heavy atom. The number of nitro benzene ring substituents is 1. The summed E-state index contributed by atoms with van der Waals surface area (Å²) in [5, 5.41) is 13.3. The molecule has 5 nitrogen and oxygen atoms in total. The predicted molar refractivity (Wildman–Crippen MR) is 71.2 cm³/mol. The van der Waals surface area contributed by atoms with Crippen LogP contribution in [0.1, 0.15) is 23.7 Å². The van der Waals surface area contributed by atoms with E-state index < -0.39 is 4.92 Å². The van der Waals surface area contributed by atoms with Crippen LogP contribution in [0.3, 0.4) is 0 Å². The highest BCUT2D eigenvalue weighted by Crippen LogP contribution is 2.22. The summed E-state index contributed by atoms with van der Waals surface area (Å²) < 4.78 is 0.521. The molecule has 18 heavy (non-hydrogen) atoms. The third kappa shape index (κ3) is 3.86. The summed E-state index contributed by atoms with van der Waals surface area (Å²) in [5.74, 6) is 5.17. The molecule has 0 saturated heterocycles. The third-order valence-corrected chi connectivity index (χ3v) is 2.81. The van der Waals surface area contributed by atoms with Crippen LogP contribution in [0.4, 0.5) is 5.69 Å². The quantitative estimate of drug-likeness (QED) is 0.402. The fourth-order valence-corrected chi connectivity index (χ4v) is 1.69. The van der Waals surface area contributed by atoms with Gasteiger partial charge in [0, 0.05) is 29.6 Å². The molecule has 1 N–H and O–H groups in total. The van der Waals surface area contributed by atoms with Crippen molar-refractivity contribution < 1.29 is 9.72 Å². The maximum Gasteiger partial charge on any atom is 0.270 e. The number of amides is 1. The smallest absolute Gasteiger partial charge is 0.270 e. The van der Waals surface area contributed by atoms with Gasteiger partial charge in [-0.05, 0) is 28.9 Å². The molecule has 0 spiro atoms. The minimum absolute atomic E-state index is 0.114. The Morgan fingerprint density at radius 1 is 1.56 bits per heavy atom. The van der Waals surface area contributed by atoms with Gasteiger partial charge < -0.3 is 5.32 Å². The average molecular weight is 311 g/mol. The van der Waals surface area contributed by atoms with E-state index in [0.29, 0.717) is 17.4 Å². The Balaban J connectivity index is 2.80. The van der Waals surface area contributed by atoms with Crippen molar-refractivity contribution in [3.63, 3.8) is 0 Å². The van der Waals surface area contributed by atoms with Crippen LogP contribution in [0.2, 0.25) is 0 Å². The Labute approximate surface area is 113 Å². The first kappa shape index (κ1) is 14.2. The number of hydrogen-bond donors (Lipinski definition) is 1. The first-order valence-corrected chi connectivity index (χ1v) is 5.97. The Bertz CT molecular complexity index is 532. The van der Waals surface area contributed by atoms with E-state index in [0.717, 1.165) is 0 Å². The number of nitrogens with one attached hydrogen (secondary N) is 1. The molecule has 0 aliphatic carbocycles. The van der Waals surface area contributed by atoms with Crippen LogP contribution < -0.4 is 5.32 Å². The number of non-ortho nitro benzene ring substituents is 1. The molecule has 1 rings (SSSR count). The largest absolute Gasteiger partial charge is 0.351 e. The first-order chi connectivity index (χ1) is 8.56. The maximum absolute atomic E-state index is 11.8. The number of rotatable bonds is 4. The molecule has 0 radical (unpaired) electrons. The van der Waals surface area contributed by atoms with Gasteiger partial charge >= 0.3 is 0 Å². The first-order valence-electron chi connectivity index (χ1n) is 5.18. The lowest BCUT2D eigenvalue weighted by molar-refractivity contribution is -0.384. The van der Waals surface area contributed by atoms with Gasteiger partial charge in [0.15, 0.2) is 0 Å². The van der Waals surface area contributed by atoms with Gasteiger partial charge in [0.1, 0.15) is 0 Å². The van der Waals surface area contributed by atoms with Crippen molar-refractivity contribution in [1.82, 2.24) is 5.32 Å². The molecule has 0 aliphatic heterocycles. The summed E-state index contributed by atoms with van der Waals surface area (Å²) in [7, 11) is 0. The van der Waals surface area contributed by atoms with Crippen molar-refractivity contribution in [1.29, 1.82) is 0 Å². The van der Waals surface area contributed by atoms with Gasteiger partial charge in [0.2, 0.25) is 0 Å².